The Balaban J connectivity index is 0.000000240. The second-order valence-corrected chi connectivity index (χ2v) is 15.3. The maximum absolute atomic E-state index is 10.5. The third-order valence-corrected chi connectivity index (χ3v) is 12.3. The first-order valence-corrected chi connectivity index (χ1v) is 16.4. The number of allylic oxidation sites excluding steroid dienone is 5. The van der Waals surface area contributed by atoms with Crippen LogP contribution >= 0.6 is 0 Å². The number of rotatable bonds is 9. The molecule has 2 unspecified atom stereocenters. The fraction of sp³-hybridized carbons (Fsp3) is 0.846. The zero-order valence-electron chi connectivity index (χ0n) is 37.7. The molecule has 0 saturated heterocycles. The van der Waals surface area contributed by atoms with E-state index in [0.717, 1.165) is 83.1 Å². The van der Waals surface area contributed by atoms with Crippen molar-refractivity contribution in [2.75, 3.05) is 0 Å². The third-order valence-electron chi connectivity index (χ3n) is 12.3. The summed E-state index contributed by atoms with van der Waals surface area (Å²) in [5.41, 5.74) is -2.88. The average Bonchev–Trinajstić information content (AvgIpc) is 3.91. The molecule has 246 valence electrons. The summed E-state index contributed by atoms with van der Waals surface area (Å²) in [5, 5.41) is 41.7. The van der Waals surface area contributed by atoms with Gasteiger partial charge in [-0.25, -0.2) is 0 Å². The number of hydrogen-bond acceptors (Lipinski definition) is 4. The van der Waals surface area contributed by atoms with Gasteiger partial charge >= 0.3 is 0 Å². The molecule has 0 aromatic heterocycles. The lowest BCUT2D eigenvalue weighted by atomic mass is 9.62. The number of fused-ring (bicyclic) bond motifs is 2. The maximum atomic E-state index is 10.5. The van der Waals surface area contributed by atoms with Gasteiger partial charge in [-0.2, -0.15) is 0 Å². The number of aliphatic hydroxyl groups excluding tert-OH is 2. The van der Waals surface area contributed by atoms with Crippen molar-refractivity contribution in [3.05, 3.63) is 35.5 Å². The van der Waals surface area contributed by atoms with Gasteiger partial charge in [0.2, 0.25) is 0 Å². The monoisotopic (exact) mass is 611 g/mol. The van der Waals surface area contributed by atoms with Gasteiger partial charge in [0.1, 0.15) is 0 Å². The summed E-state index contributed by atoms with van der Waals surface area (Å²) in [4.78, 5) is 0. The van der Waals surface area contributed by atoms with Gasteiger partial charge in [-0.3, -0.25) is 0 Å². The fourth-order valence-corrected chi connectivity index (χ4v) is 9.76. The summed E-state index contributed by atoms with van der Waals surface area (Å²) < 4.78 is 89.9. The van der Waals surface area contributed by atoms with E-state index in [0.29, 0.717) is 19.3 Å². The quantitative estimate of drug-likeness (QED) is 0.197. The Bertz CT molecular complexity index is 1440. The molecule has 0 heterocycles. The normalized spacial score (nSPS) is 42.7. The van der Waals surface area contributed by atoms with Crippen LogP contribution in [0, 0.1) is 33.5 Å². The molecule has 0 amide bonds. The minimum atomic E-state index is -3.03. The van der Waals surface area contributed by atoms with E-state index in [1.807, 2.05) is 0 Å². The van der Waals surface area contributed by atoms with Gasteiger partial charge in [0.25, 0.3) is 0 Å². The van der Waals surface area contributed by atoms with Gasteiger partial charge in [-0.05, 0) is 164 Å². The zero-order chi connectivity index (χ0) is 40.6. The Morgan fingerprint density at radius 3 is 1.79 bits per heavy atom. The summed E-state index contributed by atoms with van der Waals surface area (Å²) >= 11 is 0. The van der Waals surface area contributed by atoms with E-state index < -0.39 is 38.6 Å². The summed E-state index contributed by atoms with van der Waals surface area (Å²) in [6.45, 7) is -7.45. The first-order valence-electron chi connectivity index (χ1n) is 22.4. The molecular formula is C39H66O4. The fourth-order valence-electron chi connectivity index (χ4n) is 9.76. The van der Waals surface area contributed by atoms with E-state index >= 15 is 0 Å². The highest BCUT2D eigenvalue weighted by Crippen LogP contribution is 2.68. The average molecular weight is 611 g/mol. The van der Waals surface area contributed by atoms with Crippen LogP contribution in [0.5, 0.6) is 0 Å². The van der Waals surface area contributed by atoms with Crippen molar-refractivity contribution in [1.29, 1.82) is 0 Å². The molecule has 6 atom stereocenters. The van der Waals surface area contributed by atoms with Crippen molar-refractivity contribution < 1.29 is 36.9 Å². The molecule has 0 aromatic rings. The standard InChI is InChI=1S/C19H32O2.C19H30O2.CH4/c2*1-17(2,21)9-5-11-19(12-13-19)16-8-7-14-15(20)6-4-10-18(14,16)3;/h8,14-15,20-21H,4-7,9-13H2,1-3H3;5,8-9,14-15,20-21H,4,6-7,10-13H2,1-3H3;1H4/b;9-5-;/t2*14?,15-,18-;/m00./s1/i2*1D3,2D3;. The Labute approximate surface area is 281 Å². The highest BCUT2D eigenvalue weighted by molar-refractivity contribution is 5.36. The molecular weight excluding hydrogens is 532 g/mol. The lowest BCUT2D eigenvalue weighted by molar-refractivity contribution is 0.00604. The van der Waals surface area contributed by atoms with Gasteiger partial charge in [0.05, 0.1) is 23.4 Å². The predicted molar refractivity (Wildman–Crippen MR) is 179 cm³/mol. The zero-order valence-corrected chi connectivity index (χ0v) is 25.7. The SMILES string of the molecule is C.[2H]C([2H])([2H])C(O)(/C=C\CC1(C2=CCC3[C@@H](O)CCC[C@]23C)CC1)C([2H])([2H])[2H].[2H]C([2H])([2H])C(O)(CCCC1(C2=CCC3[C@@H](O)CCC[C@]23C)CC1)C([2H])([2H])[2H]. The summed E-state index contributed by atoms with van der Waals surface area (Å²) in [6.07, 6.45) is 19.4. The highest BCUT2D eigenvalue weighted by Gasteiger charge is 2.58. The second kappa shape index (κ2) is 12.3. The molecule has 0 aliphatic heterocycles. The Morgan fingerprint density at radius 2 is 1.33 bits per heavy atom. The lowest BCUT2D eigenvalue weighted by Gasteiger charge is -2.44. The van der Waals surface area contributed by atoms with Crippen molar-refractivity contribution in [2.24, 2.45) is 33.5 Å². The smallest absolute Gasteiger partial charge is 0.0771 e. The van der Waals surface area contributed by atoms with Crippen molar-refractivity contribution in [3.63, 3.8) is 0 Å². The van der Waals surface area contributed by atoms with Gasteiger partial charge in [-0.15, -0.1) is 0 Å². The van der Waals surface area contributed by atoms with Crippen LogP contribution in [-0.2, 0) is 0 Å². The molecule has 4 fully saturated rings. The number of hydrogen-bond donors (Lipinski definition) is 4. The molecule has 0 spiro atoms. The first kappa shape index (κ1) is 21.8. The van der Waals surface area contributed by atoms with Crippen LogP contribution in [0.3, 0.4) is 0 Å². The molecule has 0 radical (unpaired) electrons. The van der Waals surface area contributed by atoms with Crippen LogP contribution in [0.2, 0.25) is 0 Å². The van der Waals surface area contributed by atoms with E-state index in [1.165, 1.54) is 11.1 Å². The molecule has 0 aromatic carbocycles. The molecule has 6 aliphatic carbocycles. The van der Waals surface area contributed by atoms with Crippen molar-refractivity contribution in [1.82, 2.24) is 0 Å². The van der Waals surface area contributed by atoms with E-state index in [2.05, 4.69) is 26.0 Å². The van der Waals surface area contributed by atoms with Crippen molar-refractivity contribution in [3.8, 4) is 0 Å². The van der Waals surface area contributed by atoms with Crippen LogP contribution in [-0.4, -0.2) is 43.8 Å². The Kier molecular flexibility index (Phi) is 6.25. The van der Waals surface area contributed by atoms with Gasteiger partial charge in [0.15, 0.2) is 0 Å². The van der Waals surface area contributed by atoms with Gasteiger partial charge in [-0.1, -0.05) is 56.7 Å². The van der Waals surface area contributed by atoms with Crippen LogP contribution in [0.4, 0.5) is 0 Å². The van der Waals surface area contributed by atoms with Crippen LogP contribution < -0.4 is 0 Å². The van der Waals surface area contributed by atoms with Crippen LogP contribution in [0.15, 0.2) is 35.5 Å². The van der Waals surface area contributed by atoms with E-state index in [4.69, 9.17) is 16.4 Å². The largest absolute Gasteiger partial charge is 0.393 e. The summed E-state index contributed by atoms with van der Waals surface area (Å²) in [5.74, 6) is 0.504. The van der Waals surface area contributed by atoms with Crippen LogP contribution in [0.1, 0.15) is 168 Å². The summed E-state index contributed by atoms with van der Waals surface area (Å²) in [6, 6.07) is 0. The topological polar surface area (TPSA) is 80.9 Å². The Hall–Kier alpha value is -0.940. The third kappa shape index (κ3) is 7.23. The van der Waals surface area contributed by atoms with E-state index in [1.54, 1.807) is 6.08 Å². The number of aliphatic hydroxyl groups is 4. The second-order valence-electron chi connectivity index (χ2n) is 15.3. The van der Waals surface area contributed by atoms with E-state index in [-0.39, 0.29) is 59.6 Å². The first-order chi connectivity index (χ1) is 24.5. The van der Waals surface area contributed by atoms with Crippen molar-refractivity contribution >= 4 is 0 Å². The minimum Gasteiger partial charge on any atom is -0.393 e. The highest BCUT2D eigenvalue weighted by atomic mass is 16.3. The van der Waals surface area contributed by atoms with Gasteiger partial charge < -0.3 is 20.4 Å². The predicted octanol–water partition coefficient (Wildman–Crippen LogP) is 8.82. The molecule has 4 saturated carbocycles. The maximum Gasteiger partial charge on any atom is 0.0771 e. The lowest BCUT2D eigenvalue weighted by Crippen LogP contribution is -2.40. The molecule has 6 aliphatic rings. The van der Waals surface area contributed by atoms with Crippen LogP contribution in [0.25, 0.3) is 0 Å². The molecule has 0 bridgehead atoms. The summed E-state index contributed by atoms with van der Waals surface area (Å²) in [7, 11) is 0. The molecule has 43 heavy (non-hydrogen) atoms. The molecule has 4 nitrogen and oxygen atoms in total. The van der Waals surface area contributed by atoms with Crippen molar-refractivity contribution in [2.45, 2.75) is 175 Å². The Morgan fingerprint density at radius 1 is 0.814 bits per heavy atom. The molecule has 6 rings (SSSR count). The molecule has 4 heteroatoms. The molecule has 4 N–H and O–H groups in total. The minimum absolute atomic E-state index is 0. The van der Waals surface area contributed by atoms with Gasteiger partial charge in [0, 0.05) is 16.4 Å². The van der Waals surface area contributed by atoms with E-state index in [9.17, 15) is 20.4 Å².